The van der Waals surface area contributed by atoms with E-state index in [0.717, 1.165) is 16.9 Å². The number of hydrogen-bond acceptors (Lipinski definition) is 3. The van der Waals surface area contributed by atoms with Crippen LogP contribution in [0.4, 0.5) is 0 Å². The van der Waals surface area contributed by atoms with Crippen molar-refractivity contribution in [2.75, 3.05) is 0 Å². The van der Waals surface area contributed by atoms with Gasteiger partial charge in [0.25, 0.3) is 6.57 Å². The van der Waals surface area contributed by atoms with Crippen LogP contribution in [0.15, 0.2) is 65.6 Å². The molecule has 27 heavy (non-hydrogen) atoms. The largest absolute Gasteiger partial charge is 0.317 e. The molecule has 0 spiro atoms. The summed E-state index contributed by atoms with van der Waals surface area (Å²) in [7, 11) is 0. The van der Waals surface area contributed by atoms with Gasteiger partial charge in [-0.3, -0.25) is 4.57 Å². The lowest BCUT2D eigenvalue weighted by Crippen LogP contribution is -2.33. The van der Waals surface area contributed by atoms with Crippen molar-refractivity contribution < 1.29 is 9.09 Å². The van der Waals surface area contributed by atoms with Gasteiger partial charge in [0.2, 0.25) is 0 Å². The zero-order chi connectivity index (χ0) is 19.3. The van der Waals surface area contributed by atoms with Crippen molar-refractivity contribution in [1.82, 2.24) is 0 Å². The highest BCUT2D eigenvalue weighted by Crippen LogP contribution is 2.66. The normalized spacial score (nSPS) is 25.3. The molecule has 2 aromatic rings. The molecule has 0 radical (unpaired) electrons. The lowest BCUT2D eigenvalue weighted by molar-refractivity contribution is 0.0509. The van der Waals surface area contributed by atoms with Gasteiger partial charge in [0.1, 0.15) is 0 Å². The highest BCUT2D eigenvalue weighted by molar-refractivity contribution is 8.56. The first kappa shape index (κ1) is 20.7. The van der Waals surface area contributed by atoms with Crippen LogP contribution in [0.1, 0.15) is 45.6 Å². The van der Waals surface area contributed by atoms with E-state index < -0.39 is 6.57 Å². The summed E-state index contributed by atoms with van der Waals surface area (Å²) < 4.78 is 20.6. The second kappa shape index (κ2) is 9.45. The summed E-state index contributed by atoms with van der Waals surface area (Å²) in [6.45, 7) is 3.91. The lowest BCUT2D eigenvalue weighted by Gasteiger charge is -2.38. The molecule has 4 heteroatoms. The minimum atomic E-state index is -2.92. The first-order valence-corrected chi connectivity index (χ1v) is 13.2. The van der Waals surface area contributed by atoms with Gasteiger partial charge in [-0.1, -0.05) is 75.7 Å². The highest BCUT2D eigenvalue weighted by Gasteiger charge is 2.37. The fourth-order valence-corrected chi connectivity index (χ4v) is 8.51. The standard InChI is InChI=1S/C23H31O2PS/c1-18(2)22-15-14-19(3)16-23(22)25-26(24,17-20-10-6-4-7-11-20)27-21-12-8-5-9-13-21/h4-13,18-19,22-23H,14-17H2,1-3H3/t19-,22+,23-,26-/m1/s1. The maximum absolute atomic E-state index is 14.0. The molecule has 0 N–H and O–H groups in total. The minimum absolute atomic E-state index is 0.0829. The molecular formula is C23H31O2PS. The quantitative estimate of drug-likeness (QED) is 0.445. The molecule has 1 fully saturated rings. The molecular weight excluding hydrogens is 371 g/mol. The summed E-state index contributed by atoms with van der Waals surface area (Å²) in [6.07, 6.45) is 3.99. The van der Waals surface area contributed by atoms with Gasteiger partial charge in [0.15, 0.2) is 0 Å². The predicted octanol–water partition coefficient (Wildman–Crippen LogP) is 7.65. The molecule has 0 aliphatic heterocycles. The Hall–Kier alpha value is -1.02. The second-order valence-corrected chi connectivity index (χ2v) is 12.7. The zero-order valence-electron chi connectivity index (χ0n) is 16.6. The van der Waals surface area contributed by atoms with Crippen LogP contribution in [0.5, 0.6) is 0 Å². The van der Waals surface area contributed by atoms with Crippen molar-refractivity contribution >= 4 is 18.0 Å². The van der Waals surface area contributed by atoms with Crippen molar-refractivity contribution in [3.63, 3.8) is 0 Å². The molecule has 1 aliphatic rings. The van der Waals surface area contributed by atoms with Gasteiger partial charge in [-0.15, -0.1) is 0 Å². The summed E-state index contributed by atoms with van der Waals surface area (Å²) in [5.74, 6) is 1.67. The van der Waals surface area contributed by atoms with E-state index in [1.165, 1.54) is 24.2 Å². The van der Waals surface area contributed by atoms with E-state index >= 15 is 0 Å². The molecule has 0 saturated heterocycles. The predicted molar refractivity (Wildman–Crippen MR) is 116 cm³/mol. The van der Waals surface area contributed by atoms with Gasteiger partial charge in [0, 0.05) is 4.90 Å². The van der Waals surface area contributed by atoms with Crippen LogP contribution in [0.3, 0.4) is 0 Å². The van der Waals surface area contributed by atoms with E-state index in [1.807, 2.05) is 60.7 Å². The molecule has 0 heterocycles. The number of rotatable bonds is 7. The molecule has 0 unspecified atom stereocenters. The fraction of sp³-hybridized carbons (Fsp3) is 0.478. The van der Waals surface area contributed by atoms with Crippen LogP contribution >= 0.6 is 18.0 Å². The Morgan fingerprint density at radius 2 is 1.67 bits per heavy atom. The molecule has 0 bridgehead atoms. The van der Waals surface area contributed by atoms with Crippen LogP contribution in [0.25, 0.3) is 0 Å². The van der Waals surface area contributed by atoms with Crippen molar-refractivity contribution in [1.29, 1.82) is 0 Å². The molecule has 4 atom stereocenters. The summed E-state index contributed by atoms with van der Waals surface area (Å²) >= 11 is 1.43. The van der Waals surface area contributed by atoms with Crippen molar-refractivity contribution in [2.24, 2.45) is 17.8 Å². The smallest absolute Gasteiger partial charge is 0.266 e. The number of hydrogen-bond donors (Lipinski definition) is 0. The summed E-state index contributed by atoms with van der Waals surface area (Å²) in [5.41, 5.74) is 1.08. The Balaban J connectivity index is 1.85. The SMILES string of the molecule is CC(C)[C@@H]1CC[C@@H](C)C[C@H]1O[P@](=O)(Cc1ccccc1)Sc1ccccc1. The van der Waals surface area contributed by atoms with Gasteiger partial charge in [0.05, 0.1) is 12.3 Å². The fourth-order valence-electron chi connectivity index (χ4n) is 3.98. The molecule has 2 nitrogen and oxygen atoms in total. The summed E-state index contributed by atoms with van der Waals surface area (Å²) in [6, 6.07) is 20.1. The molecule has 1 aliphatic carbocycles. The third-order valence-corrected chi connectivity index (χ3v) is 9.68. The van der Waals surface area contributed by atoms with E-state index in [2.05, 4.69) is 20.8 Å². The van der Waals surface area contributed by atoms with Crippen molar-refractivity contribution in [3.05, 3.63) is 66.2 Å². The molecule has 0 aromatic heterocycles. The van der Waals surface area contributed by atoms with Crippen molar-refractivity contribution in [3.8, 4) is 0 Å². The van der Waals surface area contributed by atoms with Crippen LogP contribution in [-0.2, 0) is 15.3 Å². The lowest BCUT2D eigenvalue weighted by atomic mass is 9.75. The van der Waals surface area contributed by atoms with E-state index in [0.29, 0.717) is 23.9 Å². The topological polar surface area (TPSA) is 26.3 Å². The highest BCUT2D eigenvalue weighted by atomic mass is 32.7. The Morgan fingerprint density at radius 1 is 1.04 bits per heavy atom. The molecule has 1 saturated carbocycles. The molecule has 3 rings (SSSR count). The van der Waals surface area contributed by atoms with Gasteiger partial charge < -0.3 is 4.52 Å². The first-order valence-electron chi connectivity index (χ1n) is 10.0. The van der Waals surface area contributed by atoms with Crippen LogP contribution in [0, 0.1) is 17.8 Å². The zero-order valence-corrected chi connectivity index (χ0v) is 18.3. The number of benzene rings is 2. The average molecular weight is 403 g/mol. The Morgan fingerprint density at radius 3 is 2.30 bits per heavy atom. The molecule has 146 valence electrons. The Labute approximate surface area is 168 Å². The first-order chi connectivity index (χ1) is 13.0. The van der Waals surface area contributed by atoms with Gasteiger partial charge in [-0.2, -0.15) is 0 Å². The minimum Gasteiger partial charge on any atom is -0.317 e. The van der Waals surface area contributed by atoms with Gasteiger partial charge in [-0.25, -0.2) is 0 Å². The Bertz CT molecular complexity index is 702. The average Bonchev–Trinajstić information content (AvgIpc) is 2.62. The third-order valence-electron chi connectivity index (χ3n) is 5.46. The Kier molecular flexibility index (Phi) is 7.25. The summed E-state index contributed by atoms with van der Waals surface area (Å²) in [4.78, 5) is 1.02. The summed E-state index contributed by atoms with van der Waals surface area (Å²) in [5, 5.41) is 0. The van der Waals surface area contributed by atoms with Crippen LogP contribution < -0.4 is 0 Å². The van der Waals surface area contributed by atoms with Crippen molar-refractivity contribution in [2.45, 2.75) is 57.2 Å². The molecule has 2 aromatic carbocycles. The van der Waals surface area contributed by atoms with E-state index in [1.54, 1.807) is 0 Å². The van der Waals surface area contributed by atoms with E-state index in [-0.39, 0.29) is 6.10 Å². The third kappa shape index (κ3) is 5.98. The second-order valence-electron chi connectivity index (χ2n) is 8.13. The van der Waals surface area contributed by atoms with E-state index in [4.69, 9.17) is 4.52 Å². The maximum Gasteiger partial charge on any atom is 0.266 e. The van der Waals surface area contributed by atoms with E-state index in [9.17, 15) is 4.57 Å². The van der Waals surface area contributed by atoms with Gasteiger partial charge in [-0.05, 0) is 59.7 Å². The maximum atomic E-state index is 14.0. The van der Waals surface area contributed by atoms with Crippen LogP contribution in [-0.4, -0.2) is 6.10 Å². The van der Waals surface area contributed by atoms with Gasteiger partial charge >= 0.3 is 0 Å². The molecule has 0 amide bonds. The monoisotopic (exact) mass is 402 g/mol. The van der Waals surface area contributed by atoms with Crippen LogP contribution in [0.2, 0.25) is 0 Å².